The van der Waals surface area contributed by atoms with Crippen molar-refractivity contribution in [2.75, 3.05) is 0 Å². The minimum Gasteiger partial charge on any atom is -0.0622 e. The maximum atomic E-state index is 7.31. The van der Waals surface area contributed by atoms with E-state index in [1.165, 1.54) is 6.92 Å². The fourth-order valence-corrected chi connectivity index (χ4v) is 0.312. The van der Waals surface area contributed by atoms with Crippen molar-refractivity contribution in [1.29, 1.82) is 0 Å². The van der Waals surface area contributed by atoms with Crippen LogP contribution in [0.5, 0.6) is 0 Å². The molecule has 0 radical (unpaired) electrons. The first kappa shape index (κ1) is 1.35. The second-order valence-electron chi connectivity index (χ2n) is 1.25. The van der Waals surface area contributed by atoms with Gasteiger partial charge in [0.15, 0.2) is 0 Å². The van der Waals surface area contributed by atoms with Gasteiger partial charge < -0.3 is 0 Å². The van der Waals surface area contributed by atoms with E-state index in [0.29, 0.717) is 5.56 Å². The molecule has 1 rings (SSSR count). The summed E-state index contributed by atoms with van der Waals surface area (Å²) >= 11 is 0. The third kappa shape index (κ3) is 1.04. The second kappa shape index (κ2) is 1.78. The van der Waals surface area contributed by atoms with E-state index < -0.39 is 0 Å². The standard InChI is InChI=1S/C7H8/c1-7-5-3-2-4-6-7/h2-6H,1H3/i2D,3D,4D,5D,6D. The average molecular weight is 97.2 g/mol. The van der Waals surface area contributed by atoms with Crippen LogP contribution in [0.2, 0.25) is 0 Å². The maximum Gasteiger partial charge on any atom is 0.0625 e. The van der Waals surface area contributed by atoms with Gasteiger partial charge in [0, 0.05) is 0 Å². The highest BCUT2D eigenvalue weighted by atomic mass is 13.8. The Labute approximate surface area is 50.8 Å². The lowest BCUT2D eigenvalue weighted by atomic mass is 10.2. The van der Waals surface area contributed by atoms with Crippen LogP contribution in [0.15, 0.2) is 30.2 Å². The minimum atomic E-state index is -0.337. The fraction of sp³-hybridized carbons (Fsp3) is 0.143. The third-order valence-corrected chi connectivity index (χ3v) is 0.625. The molecule has 0 nitrogen and oxygen atoms in total. The summed E-state index contributed by atoms with van der Waals surface area (Å²) in [5.74, 6) is 0. The zero-order chi connectivity index (χ0) is 9.46. The molecule has 0 spiro atoms. The molecule has 0 amide bonds. The van der Waals surface area contributed by atoms with Gasteiger partial charge in [0.05, 0.1) is 6.85 Å². The van der Waals surface area contributed by atoms with Gasteiger partial charge in [0.2, 0.25) is 0 Å². The first-order valence-electron chi connectivity index (χ1n) is 4.50. The number of benzene rings is 1. The summed E-state index contributed by atoms with van der Waals surface area (Å²) in [6.45, 7) is 1.51. The number of hydrogen-bond donors (Lipinski definition) is 0. The van der Waals surface area contributed by atoms with Crippen LogP contribution in [0.1, 0.15) is 12.4 Å². The van der Waals surface area contributed by atoms with Crippen molar-refractivity contribution in [2.24, 2.45) is 0 Å². The zero-order valence-electron chi connectivity index (χ0n) is 9.00. The van der Waals surface area contributed by atoms with E-state index in [1.54, 1.807) is 0 Å². The lowest BCUT2D eigenvalue weighted by Crippen LogP contribution is -1.62. The molecule has 0 heteroatoms. The molecule has 0 unspecified atom stereocenters. The van der Waals surface area contributed by atoms with Gasteiger partial charge >= 0.3 is 0 Å². The summed E-state index contributed by atoms with van der Waals surface area (Å²) in [4.78, 5) is 0. The van der Waals surface area contributed by atoms with Crippen LogP contribution < -0.4 is 0 Å². The fourth-order valence-electron chi connectivity index (χ4n) is 0.312. The molecular weight excluding hydrogens is 84.1 g/mol. The molecule has 0 aliphatic rings. The molecule has 0 saturated heterocycles. The van der Waals surface area contributed by atoms with Crippen LogP contribution in [0.3, 0.4) is 0 Å². The predicted molar refractivity (Wildman–Crippen MR) is 31.2 cm³/mol. The molecule has 0 saturated carbocycles. The molecule has 0 aliphatic heterocycles. The minimum absolute atomic E-state index is 0.124. The van der Waals surface area contributed by atoms with Crippen molar-refractivity contribution in [1.82, 2.24) is 0 Å². The third-order valence-electron chi connectivity index (χ3n) is 0.625. The summed E-state index contributed by atoms with van der Waals surface area (Å²) < 4.78 is 36.3. The lowest BCUT2D eigenvalue weighted by molar-refractivity contribution is 1.48. The number of rotatable bonds is 0. The predicted octanol–water partition coefficient (Wildman–Crippen LogP) is 2.00. The van der Waals surface area contributed by atoms with Gasteiger partial charge in [-0.3, -0.25) is 0 Å². The van der Waals surface area contributed by atoms with Crippen molar-refractivity contribution in [3.8, 4) is 0 Å². The lowest BCUT2D eigenvalue weighted by Gasteiger charge is -1.82. The Kier molecular flexibility index (Phi) is 0.343. The van der Waals surface area contributed by atoms with Crippen LogP contribution in [0.4, 0.5) is 0 Å². The SMILES string of the molecule is [2H]c1c([2H])c([2H])c(C)c([2H])c1[2H]. The molecule has 0 N–H and O–H groups in total. The van der Waals surface area contributed by atoms with Crippen LogP contribution in [-0.4, -0.2) is 0 Å². The van der Waals surface area contributed by atoms with E-state index in [9.17, 15) is 0 Å². The summed E-state index contributed by atoms with van der Waals surface area (Å²) in [5.41, 5.74) is 0.293. The Hall–Kier alpha value is -0.780. The molecule has 0 aromatic heterocycles. The summed E-state index contributed by atoms with van der Waals surface area (Å²) in [5, 5.41) is 0. The van der Waals surface area contributed by atoms with Crippen molar-refractivity contribution in [3.05, 3.63) is 35.8 Å². The van der Waals surface area contributed by atoms with Crippen molar-refractivity contribution in [3.63, 3.8) is 0 Å². The summed E-state index contributed by atoms with van der Waals surface area (Å²) in [6, 6.07) is -1.13. The average Bonchev–Trinajstić information content (AvgIpc) is 2.08. The monoisotopic (exact) mass is 97.1 g/mol. The Morgan fingerprint density at radius 3 is 2.43 bits per heavy atom. The number of hydrogen-bond acceptors (Lipinski definition) is 0. The van der Waals surface area contributed by atoms with E-state index in [2.05, 4.69) is 0 Å². The molecule has 1 aromatic rings. The molecule has 0 heterocycles. The summed E-state index contributed by atoms with van der Waals surface area (Å²) in [6.07, 6.45) is 0. The highest BCUT2D eigenvalue weighted by Crippen LogP contribution is 1.92. The molecule has 0 atom stereocenters. The van der Waals surface area contributed by atoms with Crippen molar-refractivity contribution >= 4 is 0 Å². The Balaban J connectivity index is 3.60. The van der Waals surface area contributed by atoms with Crippen LogP contribution in [0.25, 0.3) is 0 Å². The first-order valence-corrected chi connectivity index (χ1v) is 2.00. The molecule has 0 fully saturated rings. The van der Waals surface area contributed by atoms with E-state index in [4.69, 9.17) is 6.85 Å². The van der Waals surface area contributed by atoms with Gasteiger partial charge in [0.1, 0.15) is 0 Å². The normalized spacial score (nSPS) is 18.7. The van der Waals surface area contributed by atoms with Gasteiger partial charge in [-0.2, -0.15) is 0 Å². The zero-order valence-corrected chi connectivity index (χ0v) is 4.00. The molecule has 0 aliphatic carbocycles. The van der Waals surface area contributed by atoms with Gasteiger partial charge in [-0.15, -0.1) is 0 Å². The van der Waals surface area contributed by atoms with Crippen LogP contribution in [-0.2, 0) is 0 Å². The van der Waals surface area contributed by atoms with Gasteiger partial charge in [0.25, 0.3) is 0 Å². The molecular formula is C7H8. The Bertz CT molecular complexity index is 226. The molecule has 1 aromatic carbocycles. The molecule has 7 heavy (non-hydrogen) atoms. The smallest absolute Gasteiger partial charge is 0.0622 e. The van der Waals surface area contributed by atoms with Gasteiger partial charge in [-0.25, -0.2) is 0 Å². The highest BCUT2D eigenvalue weighted by molar-refractivity contribution is 5.11. The Morgan fingerprint density at radius 1 is 1.29 bits per heavy atom. The summed E-state index contributed by atoms with van der Waals surface area (Å²) in [7, 11) is 0. The Morgan fingerprint density at radius 2 is 1.86 bits per heavy atom. The molecule has 36 valence electrons. The van der Waals surface area contributed by atoms with E-state index >= 15 is 0 Å². The van der Waals surface area contributed by atoms with E-state index in [0.717, 1.165) is 0 Å². The van der Waals surface area contributed by atoms with Gasteiger partial charge in [-0.05, 0) is 6.92 Å². The topological polar surface area (TPSA) is 0 Å². The highest BCUT2D eigenvalue weighted by Gasteiger charge is 1.72. The van der Waals surface area contributed by atoms with E-state index in [-0.39, 0.29) is 30.2 Å². The van der Waals surface area contributed by atoms with Crippen LogP contribution in [0, 0.1) is 6.92 Å². The quantitative estimate of drug-likeness (QED) is 0.464. The second-order valence-corrected chi connectivity index (χ2v) is 1.25. The molecule has 0 bridgehead atoms. The van der Waals surface area contributed by atoms with Crippen molar-refractivity contribution in [2.45, 2.75) is 6.92 Å². The largest absolute Gasteiger partial charge is 0.0625 e. The van der Waals surface area contributed by atoms with Crippen molar-refractivity contribution < 1.29 is 6.85 Å². The first-order chi connectivity index (χ1) is 5.46. The van der Waals surface area contributed by atoms with Gasteiger partial charge in [-0.1, -0.05) is 35.8 Å². The van der Waals surface area contributed by atoms with E-state index in [1.807, 2.05) is 0 Å². The van der Waals surface area contributed by atoms with Crippen LogP contribution >= 0.6 is 0 Å². The maximum absolute atomic E-state index is 7.31.